The second kappa shape index (κ2) is 10.9. The molecule has 0 aromatic heterocycles. The molecule has 2 aliphatic heterocycles. The zero-order valence-corrected chi connectivity index (χ0v) is 20.5. The van der Waals surface area contributed by atoms with Crippen molar-refractivity contribution in [1.82, 2.24) is 9.62 Å². The Morgan fingerprint density at radius 2 is 1.64 bits per heavy atom. The second-order valence-corrected chi connectivity index (χ2v) is 11.4. The van der Waals surface area contributed by atoms with Crippen LogP contribution >= 0.6 is 11.6 Å². The van der Waals surface area contributed by atoms with Gasteiger partial charge in [-0.15, -0.1) is 0 Å². The number of carbonyl (C=O) groups excluding carboxylic acids is 1. The maximum atomic E-state index is 12.8. The maximum Gasteiger partial charge on any atom is 0.223 e. The molecule has 0 atom stereocenters. The second-order valence-electron chi connectivity index (χ2n) is 8.99. The highest BCUT2D eigenvalue weighted by Crippen LogP contribution is 2.23. The van der Waals surface area contributed by atoms with E-state index in [-0.39, 0.29) is 17.6 Å². The normalized spacial score (nSPS) is 18.3. The summed E-state index contributed by atoms with van der Waals surface area (Å²) in [7, 11) is -3.43. The third-order valence-electron chi connectivity index (χ3n) is 6.58. The number of halogens is 1. The van der Waals surface area contributed by atoms with Crippen LogP contribution in [0.4, 0.5) is 5.69 Å². The van der Waals surface area contributed by atoms with Crippen molar-refractivity contribution in [2.24, 2.45) is 5.92 Å². The van der Waals surface area contributed by atoms with Crippen LogP contribution < -0.4 is 10.2 Å². The molecule has 33 heavy (non-hydrogen) atoms. The first kappa shape index (κ1) is 24.0. The van der Waals surface area contributed by atoms with E-state index >= 15 is 0 Å². The Bertz CT molecular complexity index is 1040. The van der Waals surface area contributed by atoms with Crippen molar-refractivity contribution in [3.05, 3.63) is 64.7 Å². The molecule has 1 amide bonds. The molecule has 2 aliphatic rings. The summed E-state index contributed by atoms with van der Waals surface area (Å²) in [5.41, 5.74) is 3.00. The molecular weight excluding hydrogens is 458 g/mol. The lowest BCUT2D eigenvalue weighted by Crippen LogP contribution is -2.43. The molecule has 4 rings (SSSR count). The van der Waals surface area contributed by atoms with Crippen molar-refractivity contribution in [3.8, 4) is 0 Å². The molecule has 2 heterocycles. The molecule has 0 unspecified atom stereocenters. The minimum atomic E-state index is -3.43. The topological polar surface area (TPSA) is 69.7 Å². The molecule has 0 saturated carbocycles. The minimum absolute atomic E-state index is 0.00185. The van der Waals surface area contributed by atoms with Crippen LogP contribution in [0.2, 0.25) is 5.02 Å². The van der Waals surface area contributed by atoms with Crippen LogP contribution in [-0.4, -0.2) is 44.8 Å². The number of nitrogens with one attached hydrogen (secondary N) is 1. The molecule has 8 heteroatoms. The minimum Gasteiger partial charge on any atom is -0.372 e. The molecule has 0 aliphatic carbocycles. The van der Waals surface area contributed by atoms with Crippen LogP contribution in [0, 0.1) is 5.92 Å². The van der Waals surface area contributed by atoms with Gasteiger partial charge in [-0.05, 0) is 67.5 Å². The Morgan fingerprint density at radius 3 is 2.30 bits per heavy atom. The van der Waals surface area contributed by atoms with Crippen molar-refractivity contribution < 1.29 is 13.2 Å². The molecular formula is C25H32ClN3O3S. The Kier molecular flexibility index (Phi) is 7.94. The molecule has 178 valence electrons. The fraction of sp³-hybridized carbons (Fsp3) is 0.480. The number of benzene rings is 2. The van der Waals surface area contributed by atoms with Gasteiger partial charge in [0.15, 0.2) is 0 Å². The number of sulfonamides is 1. The molecule has 0 spiro atoms. The third-order valence-corrected chi connectivity index (χ3v) is 8.67. The summed E-state index contributed by atoms with van der Waals surface area (Å²) in [6, 6.07) is 15.4. The Hall–Kier alpha value is -2.09. The van der Waals surface area contributed by atoms with Crippen molar-refractivity contribution in [2.45, 2.75) is 44.4 Å². The zero-order chi connectivity index (χ0) is 23.3. The van der Waals surface area contributed by atoms with Gasteiger partial charge in [-0.3, -0.25) is 4.79 Å². The average Bonchev–Trinajstić information content (AvgIpc) is 2.83. The van der Waals surface area contributed by atoms with Gasteiger partial charge in [0, 0.05) is 49.4 Å². The number of nitrogens with zero attached hydrogens (tertiary/aromatic N) is 2. The number of hydrogen-bond donors (Lipinski definition) is 1. The van der Waals surface area contributed by atoms with E-state index in [0.29, 0.717) is 43.1 Å². The summed E-state index contributed by atoms with van der Waals surface area (Å²) >= 11 is 5.98. The highest BCUT2D eigenvalue weighted by Gasteiger charge is 2.31. The van der Waals surface area contributed by atoms with Crippen molar-refractivity contribution >= 4 is 33.2 Å². The van der Waals surface area contributed by atoms with Gasteiger partial charge in [-0.1, -0.05) is 35.9 Å². The summed E-state index contributed by atoms with van der Waals surface area (Å²) < 4.78 is 27.0. The van der Waals surface area contributed by atoms with Gasteiger partial charge >= 0.3 is 0 Å². The number of carbonyl (C=O) groups is 1. The predicted molar refractivity (Wildman–Crippen MR) is 133 cm³/mol. The number of anilines is 1. The van der Waals surface area contributed by atoms with Crippen LogP contribution in [0.3, 0.4) is 0 Å². The summed E-state index contributed by atoms with van der Waals surface area (Å²) in [5, 5.41) is 3.56. The van der Waals surface area contributed by atoms with E-state index in [2.05, 4.69) is 34.5 Å². The van der Waals surface area contributed by atoms with Gasteiger partial charge in [0.05, 0.1) is 5.75 Å². The summed E-state index contributed by atoms with van der Waals surface area (Å²) in [6.07, 6.45) is 4.88. The first-order chi connectivity index (χ1) is 15.9. The predicted octanol–water partition coefficient (Wildman–Crippen LogP) is 4.19. The fourth-order valence-corrected chi connectivity index (χ4v) is 6.40. The molecule has 2 aromatic rings. The lowest BCUT2D eigenvalue weighted by atomic mass is 9.97. The summed E-state index contributed by atoms with van der Waals surface area (Å²) in [6.45, 7) is 3.45. The summed E-state index contributed by atoms with van der Waals surface area (Å²) in [5.74, 6) is -0.227. The van der Waals surface area contributed by atoms with Gasteiger partial charge in [-0.25, -0.2) is 12.7 Å². The van der Waals surface area contributed by atoms with E-state index in [4.69, 9.17) is 11.6 Å². The largest absolute Gasteiger partial charge is 0.372 e. The molecule has 2 aromatic carbocycles. The lowest BCUT2D eigenvalue weighted by molar-refractivity contribution is -0.126. The number of piperidine rings is 2. The van der Waals surface area contributed by atoms with E-state index in [1.165, 1.54) is 29.3 Å². The van der Waals surface area contributed by atoms with Gasteiger partial charge < -0.3 is 10.2 Å². The third kappa shape index (κ3) is 6.49. The van der Waals surface area contributed by atoms with E-state index in [1.807, 2.05) is 0 Å². The highest BCUT2D eigenvalue weighted by atomic mass is 35.5. The highest BCUT2D eigenvalue weighted by molar-refractivity contribution is 7.88. The van der Waals surface area contributed by atoms with Crippen molar-refractivity contribution in [3.63, 3.8) is 0 Å². The SMILES string of the molecule is O=C(NCc1ccc(N2CCCCC2)cc1)C1CCN(S(=O)(=O)Cc2cccc(Cl)c2)CC1. The van der Waals surface area contributed by atoms with Crippen LogP contribution in [-0.2, 0) is 27.1 Å². The van der Waals surface area contributed by atoms with Crippen LogP contribution in [0.25, 0.3) is 0 Å². The fourth-order valence-electron chi connectivity index (χ4n) is 4.64. The standard InChI is InChI=1S/C25H32ClN3O3S/c26-23-6-4-5-21(17-23)19-33(31,32)29-15-11-22(12-16-29)25(30)27-18-20-7-9-24(10-8-20)28-13-2-1-3-14-28/h4-10,17,22H,1-3,11-16,18-19H2,(H,27,30). The smallest absolute Gasteiger partial charge is 0.223 e. The first-order valence-corrected chi connectivity index (χ1v) is 13.7. The average molecular weight is 490 g/mol. The quantitative estimate of drug-likeness (QED) is 0.633. The van der Waals surface area contributed by atoms with Gasteiger partial charge in [0.2, 0.25) is 15.9 Å². The number of hydrogen-bond acceptors (Lipinski definition) is 4. The number of rotatable bonds is 7. The molecule has 0 radical (unpaired) electrons. The van der Waals surface area contributed by atoms with Crippen LogP contribution in [0.1, 0.15) is 43.2 Å². The Labute approximate surface area is 202 Å². The van der Waals surface area contributed by atoms with E-state index < -0.39 is 10.0 Å². The first-order valence-electron chi connectivity index (χ1n) is 11.7. The Morgan fingerprint density at radius 1 is 0.939 bits per heavy atom. The molecule has 0 bridgehead atoms. The molecule has 6 nitrogen and oxygen atoms in total. The van der Waals surface area contributed by atoms with Crippen molar-refractivity contribution in [1.29, 1.82) is 0 Å². The van der Waals surface area contributed by atoms with E-state index in [9.17, 15) is 13.2 Å². The van der Waals surface area contributed by atoms with E-state index in [0.717, 1.165) is 18.7 Å². The van der Waals surface area contributed by atoms with Gasteiger partial charge in [-0.2, -0.15) is 0 Å². The Balaban J connectivity index is 1.23. The van der Waals surface area contributed by atoms with E-state index in [1.54, 1.807) is 24.3 Å². The summed E-state index contributed by atoms with van der Waals surface area (Å²) in [4.78, 5) is 15.1. The maximum absolute atomic E-state index is 12.8. The zero-order valence-electron chi connectivity index (χ0n) is 18.9. The van der Waals surface area contributed by atoms with Crippen molar-refractivity contribution in [2.75, 3.05) is 31.1 Å². The van der Waals surface area contributed by atoms with Crippen LogP contribution in [0.15, 0.2) is 48.5 Å². The lowest BCUT2D eigenvalue weighted by Gasteiger charge is -2.30. The number of amides is 1. The van der Waals surface area contributed by atoms with Gasteiger partial charge in [0.25, 0.3) is 0 Å². The van der Waals surface area contributed by atoms with Gasteiger partial charge in [0.1, 0.15) is 0 Å². The van der Waals surface area contributed by atoms with Crippen LogP contribution in [0.5, 0.6) is 0 Å². The monoisotopic (exact) mass is 489 g/mol. The molecule has 1 N–H and O–H groups in total. The molecule has 2 fully saturated rings. The molecule has 2 saturated heterocycles.